The van der Waals surface area contributed by atoms with Crippen molar-refractivity contribution >= 4 is 27.7 Å². The molecule has 0 atom stereocenters. The lowest BCUT2D eigenvalue weighted by molar-refractivity contribution is -0.111. The molecular formula is C25H26N2O3S. The zero-order valence-electron chi connectivity index (χ0n) is 17.7. The first-order valence-corrected chi connectivity index (χ1v) is 11.6. The number of nitrogens with one attached hydrogen (secondary N) is 1. The molecule has 0 aliphatic heterocycles. The molecular weight excluding hydrogens is 408 g/mol. The second-order valence-electron chi connectivity index (χ2n) is 6.89. The van der Waals surface area contributed by atoms with E-state index in [0.29, 0.717) is 13.1 Å². The molecule has 0 unspecified atom stereocenters. The summed E-state index contributed by atoms with van der Waals surface area (Å²) in [6, 6.07) is 24.0. The molecule has 3 aromatic rings. The molecule has 0 aliphatic carbocycles. The fraction of sp³-hybridized carbons (Fsp3) is 0.160. The van der Waals surface area contributed by atoms with Gasteiger partial charge in [0.05, 0.1) is 4.90 Å². The maximum absolute atomic E-state index is 12.6. The minimum absolute atomic E-state index is 0.245. The molecule has 0 bridgehead atoms. The summed E-state index contributed by atoms with van der Waals surface area (Å²) in [5.74, 6) is -0.261. The van der Waals surface area contributed by atoms with Gasteiger partial charge >= 0.3 is 0 Å². The number of carbonyl (C=O) groups excluding carboxylic acids is 1. The summed E-state index contributed by atoms with van der Waals surface area (Å²) >= 11 is 0. The van der Waals surface area contributed by atoms with Gasteiger partial charge in [-0.3, -0.25) is 4.79 Å². The number of anilines is 1. The highest BCUT2D eigenvalue weighted by atomic mass is 32.2. The fourth-order valence-electron chi connectivity index (χ4n) is 3.27. The van der Waals surface area contributed by atoms with Crippen LogP contribution < -0.4 is 5.32 Å². The Kier molecular flexibility index (Phi) is 7.39. The molecule has 31 heavy (non-hydrogen) atoms. The standard InChI is InChI=1S/C25H26N2O3S/c1-3-27(4-2)31(29,30)22-17-14-20(15-18-22)16-19-25(28)26-24-13-9-8-12-23(24)21-10-6-5-7-11-21/h5-19H,3-4H2,1-2H3,(H,26,28)/b19-16+. The Balaban J connectivity index is 1.72. The number of sulfonamides is 1. The van der Waals surface area contributed by atoms with Crippen LogP contribution in [0.3, 0.4) is 0 Å². The maximum Gasteiger partial charge on any atom is 0.248 e. The zero-order chi connectivity index (χ0) is 22.3. The second-order valence-corrected chi connectivity index (χ2v) is 8.83. The Morgan fingerprint density at radius 2 is 1.48 bits per heavy atom. The molecule has 0 spiro atoms. The Bertz CT molecular complexity index is 1150. The van der Waals surface area contributed by atoms with Crippen LogP contribution in [0.15, 0.2) is 89.8 Å². The van der Waals surface area contributed by atoms with Crippen LogP contribution >= 0.6 is 0 Å². The molecule has 0 aliphatic rings. The summed E-state index contributed by atoms with van der Waals surface area (Å²) in [7, 11) is -3.49. The average Bonchev–Trinajstić information content (AvgIpc) is 2.79. The highest BCUT2D eigenvalue weighted by molar-refractivity contribution is 7.89. The molecule has 1 amide bonds. The van der Waals surface area contributed by atoms with E-state index in [9.17, 15) is 13.2 Å². The number of hydrogen-bond donors (Lipinski definition) is 1. The second kappa shape index (κ2) is 10.2. The molecule has 3 rings (SSSR count). The molecule has 0 aromatic heterocycles. The van der Waals surface area contributed by atoms with Crippen molar-refractivity contribution in [2.75, 3.05) is 18.4 Å². The van der Waals surface area contributed by atoms with Crippen molar-refractivity contribution < 1.29 is 13.2 Å². The van der Waals surface area contributed by atoms with Gasteiger partial charge in [-0.25, -0.2) is 8.42 Å². The SMILES string of the molecule is CCN(CC)S(=O)(=O)c1ccc(/C=C/C(=O)Nc2ccccc2-c2ccccc2)cc1. The van der Waals surface area contributed by atoms with Crippen LogP contribution in [-0.4, -0.2) is 31.7 Å². The number of para-hydroxylation sites is 1. The zero-order valence-corrected chi connectivity index (χ0v) is 18.5. The summed E-state index contributed by atoms with van der Waals surface area (Å²) < 4.78 is 26.5. The van der Waals surface area contributed by atoms with E-state index >= 15 is 0 Å². The van der Waals surface area contributed by atoms with Crippen molar-refractivity contribution in [1.29, 1.82) is 0 Å². The first kappa shape index (κ1) is 22.5. The molecule has 0 fully saturated rings. The molecule has 0 saturated heterocycles. The lowest BCUT2D eigenvalue weighted by Crippen LogP contribution is -2.30. The summed E-state index contributed by atoms with van der Waals surface area (Å²) in [4.78, 5) is 12.7. The summed E-state index contributed by atoms with van der Waals surface area (Å²) in [5, 5.41) is 2.92. The van der Waals surface area contributed by atoms with Crippen LogP contribution in [-0.2, 0) is 14.8 Å². The van der Waals surface area contributed by atoms with Gasteiger partial charge < -0.3 is 5.32 Å². The van der Waals surface area contributed by atoms with Gasteiger partial charge in [0.1, 0.15) is 0 Å². The Morgan fingerprint density at radius 1 is 0.871 bits per heavy atom. The number of rotatable bonds is 8. The molecule has 3 aromatic carbocycles. The van der Waals surface area contributed by atoms with Gasteiger partial charge in [0.15, 0.2) is 0 Å². The normalized spacial score (nSPS) is 11.7. The summed E-state index contributed by atoms with van der Waals surface area (Å²) in [6.45, 7) is 4.47. The Hall–Kier alpha value is -3.22. The first-order valence-electron chi connectivity index (χ1n) is 10.2. The highest BCUT2D eigenvalue weighted by Crippen LogP contribution is 2.27. The first-order chi connectivity index (χ1) is 15.0. The van der Waals surface area contributed by atoms with E-state index in [0.717, 1.165) is 22.4 Å². The summed E-state index contributed by atoms with van der Waals surface area (Å²) in [6.07, 6.45) is 3.10. The van der Waals surface area contributed by atoms with Gasteiger partial charge in [0.2, 0.25) is 15.9 Å². The minimum atomic E-state index is -3.49. The number of carbonyl (C=O) groups is 1. The third-order valence-electron chi connectivity index (χ3n) is 4.92. The molecule has 0 heterocycles. The molecule has 0 saturated carbocycles. The predicted octanol–water partition coefficient (Wildman–Crippen LogP) is 5.04. The number of hydrogen-bond acceptors (Lipinski definition) is 3. The van der Waals surface area contributed by atoms with E-state index in [1.54, 1.807) is 30.3 Å². The summed E-state index contributed by atoms with van der Waals surface area (Å²) in [5.41, 5.74) is 3.43. The monoisotopic (exact) mass is 434 g/mol. The van der Waals surface area contributed by atoms with E-state index in [4.69, 9.17) is 0 Å². The topological polar surface area (TPSA) is 66.5 Å². The molecule has 0 radical (unpaired) electrons. The Labute approximate surface area is 184 Å². The van der Waals surface area contributed by atoms with Crippen molar-refractivity contribution in [3.8, 4) is 11.1 Å². The smallest absolute Gasteiger partial charge is 0.248 e. The quantitative estimate of drug-likeness (QED) is 0.505. The lowest BCUT2D eigenvalue weighted by atomic mass is 10.0. The van der Waals surface area contributed by atoms with Crippen molar-refractivity contribution in [2.24, 2.45) is 0 Å². The van der Waals surface area contributed by atoms with Crippen LogP contribution in [0.1, 0.15) is 19.4 Å². The third-order valence-corrected chi connectivity index (χ3v) is 6.98. The van der Waals surface area contributed by atoms with E-state index in [2.05, 4.69) is 5.32 Å². The molecule has 5 nitrogen and oxygen atoms in total. The molecule has 1 N–H and O–H groups in total. The molecule has 160 valence electrons. The van der Waals surface area contributed by atoms with Gasteiger partial charge in [-0.15, -0.1) is 0 Å². The van der Waals surface area contributed by atoms with Gasteiger partial charge in [0.25, 0.3) is 0 Å². The van der Waals surface area contributed by atoms with Crippen LogP contribution in [0, 0.1) is 0 Å². The van der Waals surface area contributed by atoms with E-state index in [1.807, 2.05) is 68.4 Å². The van der Waals surface area contributed by atoms with Crippen molar-refractivity contribution in [1.82, 2.24) is 4.31 Å². The van der Waals surface area contributed by atoms with Gasteiger partial charge in [0, 0.05) is 30.4 Å². The minimum Gasteiger partial charge on any atom is -0.322 e. The molecule has 6 heteroatoms. The Morgan fingerprint density at radius 3 is 2.13 bits per heavy atom. The number of nitrogens with zero attached hydrogens (tertiary/aromatic N) is 1. The predicted molar refractivity (Wildman–Crippen MR) is 126 cm³/mol. The van der Waals surface area contributed by atoms with Gasteiger partial charge in [-0.05, 0) is 35.4 Å². The number of benzene rings is 3. The van der Waals surface area contributed by atoms with Crippen LogP contribution in [0.4, 0.5) is 5.69 Å². The maximum atomic E-state index is 12.6. The van der Waals surface area contributed by atoms with E-state index in [-0.39, 0.29) is 10.8 Å². The van der Waals surface area contributed by atoms with Gasteiger partial charge in [-0.1, -0.05) is 74.5 Å². The third kappa shape index (κ3) is 5.48. The van der Waals surface area contributed by atoms with E-state index < -0.39 is 10.0 Å². The van der Waals surface area contributed by atoms with Crippen LogP contribution in [0.2, 0.25) is 0 Å². The van der Waals surface area contributed by atoms with Crippen molar-refractivity contribution in [2.45, 2.75) is 18.7 Å². The average molecular weight is 435 g/mol. The largest absolute Gasteiger partial charge is 0.322 e. The van der Waals surface area contributed by atoms with Crippen molar-refractivity contribution in [3.63, 3.8) is 0 Å². The fourth-order valence-corrected chi connectivity index (χ4v) is 4.73. The highest BCUT2D eigenvalue weighted by Gasteiger charge is 2.20. The number of amides is 1. The van der Waals surface area contributed by atoms with Crippen LogP contribution in [0.5, 0.6) is 0 Å². The van der Waals surface area contributed by atoms with E-state index in [1.165, 1.54) is 10.4 Å². The van der Waals surface area contributed by atoms with Crippen molar-refractivity contribution in [3.05, 3.63) is 90.5 Å². The van der Waals surface area contributed by atoms with Gasteiger partial charge in [-0.2, -0.15) is 4.31 Å². The lowest BCUT2D eigenvalue weighted by Gasteiger charge is -2.18. The van der Waals surface area contributed by atoms with Crippen LogP contribution in [0.25, 0.3) is 17.2 Å².